The van der Waals surface area contributed by atoms with Gasteiger partial charge in [0.1, 0.15) is 15.9 Å². The Morgan fingerprint density at radius 2 is 2.03 bits per heavy atom. The summed E-state index contributed by atoms with van der Waals surface area (Å²) in [6.07, 6.45) is 3.00. The zero-order valence-electron chi connectivity index (χ0n) is 17.5. The Hall–Kier alpha value is -3.26. The van der Waals surface area contributed by atoms with Gasteiger partial charge < -0.3 is 5.32 Å². The molecule has 1 fully saturated rings. The van der Waals surface area contributed by atoms with Crippen LogP contribution in [0.5, 0.6) is 0 Å². The maximum Gasteiger partial charge on any atom is 0.267 e. The van der Waals surface area contributed by atoms with E-state index in [0.717, 1.165) is 30.4 Å². The van der Waals surface area contributed by atoms with Gasteiger partial charge in [-0.05, 0) is 37.0 Å². The standard InChI is InChI=1S/C23H22ClFN6O/c1-30-22(32)19(21(26)31-17-6-2-5-16(17)29-23(30)31)20(24)27-12-13-8-10-14(11-9-13)15-4-3-7-18(25)28-15/h3-4,7-11,16-17,26-27H,2,5-6,12H2,1H3/b20-19+,26-21?/t16-,17+/m1/s1. The van der Waals surface area contributed by atoms with Gasteiger partial charge in [0.25, 0.3) is 5.56 Å². The number of pyridine rings is 1. The third-order valence-electron chi connectivity index (χ3n) is 6.20. The van der Waals surface area contributed by atoms with Gasteiger partial charge in [0.2, 0.25) is 11.6 Å². The first kappa shape index (κ1) is 20.6. The van der Waals surface area contributed by atoms with Gasteiger partial charge in [-0.2, -0.15) is 4.39 Å². The van der Waals surface area contributed by atoms with Crippen molar-refractivity contribution in [1.29, 1.82) is 5.41 Å². The summed E-state index contributed by atoms with van der Waals surface area (Å²) in [6.45, 7) is 0.371. The maximum atomic E-state index is 13.4. The maximum absolute atomic E-state index is 13.4. The van der Waals surface area contributed by atoms with E-state index in [2.05, 4.69) is 15.3 Å². The fourth-order valence-electron chi connectivity index (χ4n) is 4.55. The molecule has 0 spiro atoms. The summed E-state index contributed by atoms with van der Waals surface area (Å²) in [6, 6.07) is 12.4. The Labute approximate surface area is 188 Å². The molecule has 164 valence electrons. The summed E-state index contributed by atoms with van der Waals surface area (Å²) in [5.41, 5.74) is 2.59. The second-order valence-electron chi connectivity index (χ2n) is 8.16. The lowest BCUT2D eigenvalue weighted by Gasteiger charge is -2.14. The SMILES string of the molecule is Cn1c(=O)/c(=C(\Cl)NCc2ccc(-c3cccc(F)n3)cc2)c(=N)n2c1=N[C@@H]1CCC[C@@H]12. The normalized spacial score (nSPS) is 19.8. The predicted octanol–water partition coefficient (Wildman–Crippen LogP) is 1.69. The van der Waals surface area contributed by atoms with Crippen LogP contribution in [0.4, 0.5) is 4.39 Å². The number of hydrogen-bond donors (Lipinski definition) is 2. The molecule has 7 nitrogen and oxygen atoms in total. The van der Waals surface area contributed by atoms with Crippen LogP contribution in [0, 0.1) is 11.4 Å². The van der Waals surface area contributed by atoms with Gasteiger partial charge in [-0.3, -0.25) is 19.3 Å². The first-order valence-corrected chi connectivity index (χ1v) is 10.9. The van der Waals surface area contributed by atoms with Crippen LogP contribution in [-0.2, 0) is 13.6 Å². The van der Waals surface area contributed by atoms with Crippen LogP contribution in [0.25, 0.3) is 16.4 Å². The third kappa shape index (κ3) is 3.44. The van der Waals surface area contributed by atoms with E-state index < -0.39 is 5.95 Å². The lowest BCUT2D eigenvalue weighted by atomic mass is 10.1. The molecular formula is C23H22ClFN6O. The van der Waals surface area contributed by atoms with Crippen molar-refractivity contribution in [2.24, 2.45) is 12.0 Å². The summed E-state index contributed by atoms with van der Waals surface area (Å²) >= 11 is 6.50. The summed E-state index contributed by atoms with van der Waals surface area (Å²) in [5, 5.41) is 12.0. The summed E-state index contributed by atoms with van der Waals surface area (Å²) in [7, 11) is 1.67. The van der Waals surface area contributed by atoms with Crippen LogP contribution in [0.3, 0.4) is 0 Å². The molecule has 2 aromatic heterocycles. The van der Waals surface area contributed by atoms with Gasteiger partial charge in [0.15, 0.2) is 0 Å². The molecule has 0 radical (unpaired) electrons. The van der Waals surface area contributed by atoms with Crippen molar-refractivity contribution >= 4 is 16.8 Å². The smallest absolute Gasteiger partial charge is 0.267 e. The molecular weight excluding hydrogens is 431 g/mol. The largest absolute Gasteiger partial charge is 0.371 e. The lowest BCUT2D eigenvalue weighted by molar-refractivity contribution is 0.465. The van der Waals surface area contributed by atoms with Gasteiger partial charge >= 0.3 is 0 Å². The van der Waals surface area contributed by atoms with E-state index in [1.165, 1.54) is 10.6 Å². The molecule has 9 heteroatoms. The van der Waals surface area contributed by atoms with Crippen molar-refractivity contribution in [2.75, 3.05) is 0 Å². The highest BCUT2D eigenvalue weighted by Gasteiger charge is 2.34. The van der Waals surface area contributed by atoms with Crippen molar-refractivity contribution in [2.45, 2.75) is 37.9 Å². The first-order chi connectivity index (χ1) is 15.4. The van der Waals surface area contributed by atoms with E-state index >= 15 is 0 Å². The predicted molar refractivity (Wildman–Crippen MR) is 119 cm³/mol. The number of halogens is 2. The number of fused-ring (bicyclic) bond motifs is 3. The Balaban J connectivity index is 1.44. The van der Waals surface area contributed by atoms with Crippen molar-refractivity contribution in [1.82, 2.24) is 19.4 Å². The Morgan fingerprint density at radius 3 is 2.78 bits per heavy atom. The van der Waals surface area contributed by atoms with Crippen LogP contribution >= 0.6 is 11.6 Å². The number of hydrogen-bond acceptors (Lipinski definition) is 5. The fourth-order valence-corrected chi connectivity index (χ4v) is 4.79. The van der Waals surface area contributed by atoms with Gasteiger partial charge in [-0.25, -0.2) is 9.98 Å². The van der Waals surface area contributed by atoms with E-state index in [-0.39, 0.29) is 33.5 Å². The molecule has 0 unspecified atom stereocenters. The molecule has 2 atom stereocenters. The quantitative estimate of drug-likeness (QED) is 0.466. The molecule has 1 aliphatic heterocycles. The van der Waals surface area contributed by atoms with E-state index in [4.69, 9.17) is 17.0 Å². The van der Waals surface area contributed by atoms with Crippen LogP contribution < -0.4 is 27.2 Å². The Kier molecular flexibility index (Phi) is 5.17. The molecule has 1 aliphatic carbocycles. The number of nitrogens with zero attached hydrogens (tertiary/aromatic N) is 4. The number of nitrogens with one attached hydrogen (secondary N) is 2. The molecule has 1 aromatic carbocycles. The molecule has 2 N–H and O–H groups in total. The van der Waals surface area contributed by atoms with Crippen LogP contribution in [0.1, 0.15) is 30.9 Å². The van der Waals surface area contributed by atoms with Crippen molar-refractivity contribution in [3.8, 4) is 11.3 Å². The Morgan fingerprint density at radius 1 is 1.25 bits per heavy atom. The molecule has 5 rings (SSSR count). The zero-order chi connectivity index (χ0) is 22.4. The number of aromatic nitrogens is 3. The van der Waals surface area contributed by atoms with Gasteiger partial charge in [-0.15, -0.1) is 0 Å². The summed E-state index contributed by atoms with van der Waals surface area (Å²) < 4.78 is 16.7. The topological polar surface area (TPSA) is 88.1 Å². The minimum atomic E-state index is -0.522. The van der Waals surface area contributed by atoms with Crippen LogP contribution in [-0.4, -0.2) is 20.2 Å². The summed E-state index contributed by atoms with van der Waals surface area (Å²) in [4.78, 5) is 21.5. The molecule has 1 saturated carbocycles. The molecule has 0 amide bonds. The van der Waals surface area contributed by atoms with Crippen molar-refractivity contribution in [3.63, 3.8) is 0 Å². The van der Waals surface area contributed by atoms with Crippen molar-refractivity contribution in [3.05, 3.63) is 80.7 Å². The summed E-state index contributed by atoms with van der Waals surface area (Å²) in [5.74, 6) is -0.522. The van der Waals surface area contributed by atoms with E-state index in [0.29, 0.717) is 17.9 Å². The van der Waals surface area contributed by atoms with Gasteiger partial charge in [0, 0.05) is 19.2 Å². The number of benzene rings is 1. The second-order valence-corrected chi connectivity index (χ2v) is 8.54. The monoisotopic (exact) mass is 452 g/mol. The third-order valence-corrected chi connectivity index (χ3v) is 6.52. The second kappa shape index (κ2) is 8.02. The number of rotatable bonds is 4. The van der Waals surface area contributed by atoms with Crippen molar-refractivity contribution < 1.29 is 4.39 Å². The van der Waals surface area contributed by atoms with Gasteiger partial charge in [-0.1, -0.05) is 41.9 Å². The average Bonchev–Trinajstić information content (AvgIpc) is 3.38. The van der Waals surface area contributed by atoms with E-state index in [1.807, 2.05) is 28.8 Å². The molecule has 3 aromatic rings. The lowest BCUT2D eigenvalue weighted by Crippen LogP contribution is -2.58. The first-order valence-electron chi connectivity index (χ1n) is 10.5. The highest BCUT2D eigenvalue weighted by atomic mass is 35.5. The minimum absolute atomic E-state index is 0.103. The molecule has 3 heterocycles. The fraction of sp³-hybridized carbons (Fsp3) is 0.304. The molecule has 2 aliphatic rings. The highest BCUT2D eigenvalue weighted by molar-refractivity contribution is 6.44. The minimum Gasteiger partial charge on any atom is -0.371 e. The highest BCUT2D eigenvalue weighted by Crippen LogP contribution is 2.32. The molecule has 0 saturated heterocycles. The average molecular weight is 453 g/mol. The van der Waals surface area contributed by atoms with E-state index in [1.54, 1.807) is 19.2 Å². The zero-order valence-corrected chi connectivity index (χ0v) is 18.2. The van der Waals surface area contributed by atoms with Crippen LogP contribution in [0.2, 0.25) is 0 Å². The van der Waals surface area contributed by atoms with Gasteiger partial charge in [0.05, 0.1) is 17.8 Å². The Bertz CT molecular complexity index is 1440. The molecule has 0 bridgehead atoms. The molecule has 32 heavy (non-hydrogen) atoms. The van der Waals surface area contributed by atoms with E-state index in [9.17, 15) is 9.18 Å². The van der Waals surface area contributed by atoms with Crippen LogP contribution in [0.15, 0.2) is 52.3 Å².